The normalized spacial score (nSPS) is 11.8. The predicted molar refractivity (Wildman–Crippen MR) is 244 cm³/mol. The molecule has 0 aliphatic heterocycles. The number of aromatic nitrogens is 4. The van der Waals surface area contributed by atoms with Gasteiger partial charge in [-0.05, 0) is 82.2 Å². The molecule has 0 spiro atoms. The number of thiophene rings is 1. The largest absolute Gasteiger partial charge is 0.309 e. The van der Waals surface area contributed by atoms with Gasteiger partial charge < -0.3 is 4.57 Å². The molecule has 0 bridgehead atoms. The second kappa shape index (κ2) is 13.1. The highest BCUT2D eigenvalue weighted by molar-refractivity contribution is 7.27. The summed E-state index contributed by atoms with van der Waals surface area (Å²) in [4.78, 5) is 15.4. The van der Waals surface area contributed by atoms with Crippen LogP contribution in [0.3, 0.4) is 0 Å². The lowest BCUT2D eigenvalue weighted by atomic mass is 9.94. The van der Waals surface area contributed by atoms with E-state index in [4.69, 9.17) is 15.0 Å². The van der Waals surface area contributed by atoms with Gasteiger partial charge in [-0.3, -0.25) is 0 Å². The minimum atomic E-state index is 0.631. The number of hydrogen-bond acceptors (Lipinski definition) is 4. The lowest BCUT2D eigenvalue weighted by Gasteiger charge is -2.14. The zero-order valence-electron chi connectivity index (χ0n) is 31.2. The second-order valence-corrected chi connectivity index (χ2v) is 15.8. The van der Waals surface area contributed by atoms with Gasteiger partial charge in [-0.15, -0.1) is 11.3 Å². The summed E-state index contributed by atoms with van der Waals surface area (Å²) in [5, 5.41) is 8.54. The van der Waals surface area contributed by atoms with Crippen molar-refractivity contribution in [2.75, 3.05) is 0 Å². The van der Waals surface area contributed by atoms with Gasteiger partial charge in [0.15, 0.2) is 11.5 Å². The lowest BCUT2D eigenvalue weighted by molar-refractivity contribution is 1.16. The van der Waals surface area contributed by atoms with Gasteiger partial charge in [0.05, 0.1) is 16.7 Å². The van der Waals surface area contributed by atoms with Crippen molar-refractivity contribution in [1.29, 1.82) is 0 Å². The van der Waals surface area contributed by atoms with Crippen molar-refractivity contribution in [2.45, 2.75) is 0 Å². The third-order valence-electron chi connectivity index (χ3n) is 11.4. The van der Waals surface area contributed by atoms with Crippen molar-refractivity contribution in [3.8, 4) is 50.6 Å². The Morgan fingerprint density at radius 3 is 1.81 bits per heavy atom. The predicted octanol–water partition coefficient (Wildman–Crippen LogP) is 14.3. The molecule has 0 aliphatic rings. The molecule has 0 unspecified atom stereocenters. The van der Waals surface area contributed by atoms with Crippen molar-refractivity contribution in [3.63, 3.8) is 0 Å². The van der Waals surface area contributed by atoms with Crippen LogP contribution in [0.4, 0.5) is 0 Å². The Kier molecular flexibility index (Phi) is 7.37. The first-order valence-electron chi connectivity index (χ1n) is 19.5. The molecule has 8 aromatic carbocycles. The quantitative estimate of drug-likeness (QED) is 0.176. The monoisotopic (exact) mass is 756 g/mol. The van der Waals surface area contributed by atoms with Gasteiger partial charge >= 0.3 is 0 Å². The summed E-state index contributed by atoms with van der Waals surface area (Å²) in [5.41, 5.74) is 11.4. The smallest absolute Gasteiger partial charge is 0.163 e. The van der Waals surface area contributed by atoms with E-state index in [2.05, 4.69) is 187 Å². The van der Waals surface area contributed by atoms with Crippen molar-refractivity contribution < 1.29 is 0 Å². The van der Waals surface area contributed by atoms with E-state index in [-0.39, 0.29) is 0 Å². The van der Waals surface area contributed by atoms with E-state index in [1.807, 2.05) is 23.6 Å². The van der Waals surface area contributed by atoms with Crippen LogP contribution in [0.2, 0.25) is 0 Å². The molecule has 12 rings (SSSR count). The maximum absolute atomic E-state index is 5.42. The van der Waals surface area contributed by atoms with Crippen LogP contribution in [0, 0.1) is 0 Å². The maximum atomic E-state index is 5.42. The van der Waals surface area contributed by atoms with Gasteiger partial charge in [0.25, 0.3) is 0 Å². The third kappa shape index (κ3) is 5.11. The summed E-state index contributed by atoms with van der Waals surface area (Å²) >= 11 is 1.88. The van der Waals surface area contributed by atoms with E-state index in [0.717, 1.165) is 55.7 Å². The Morgan fingerprint density at radius 2 is 1.03 bits per heavy atom. The molecule has 4 aromatic heterocycles. The van der Waals surface area contributed by atoms with Crippen LogP contribution in [0.5, 0.6) is 0 Å². The van der Waals surface area contributed by atoms with E-state index in [9.17, 15) is 0 Å². The number of pyridine rings is 1. The van der Waals surface area contributed by atoms with Crippen LogP contribution in [0.15, 0.2) is 194 Å². The minimum Gasteiger partial charge on any atom is -0.309 e. The van der Waals surface area contributed by atoms with Gasteiger partial charge in [-0.2, -0.15) is 0 Å². The molecule has 0 amide bonds. The molecule has 4 heterocycles. The summed E-state index contributed by atoms with van der Waals surface area (Å²) in [7, 11) is 0. The maximum Gasteiger partial charge on any atom is 0.163 e. The van der Waals surface area contributed by atoms with Crippen molar-refractivity contribution in [2.24, 2.45) is 0 Å². The van der Waals surface area contributed by atoms with E-state index in [1.54, 1.807) is 0 Å². The van der Waals surface area contributed by atoms with E-state index in [1.165, 1.54) is 47.2 Å². The number of rotatable bonds is 5. The van der Waals surface area contributed by atoms with Crippen LogP contribution in [0.1, 0.15) is 0 Å². The first-order valence-corrected chi connectivity index (χ1v) is 20.3. The number of para-hydroxylation sites is 1. The summed E-state index contributed by atoms with van der Waals surface area (Å²) in [6, 6.07) is 67.1. The highest BCUT2D eigenvalue weighted by atomic mass is 32.1. The molecule has 270 valence electrons. The molecule has 0 aliphatic carbocycles. The molecular weight excluding hydrogens is 725 g/mol. The highest BCUT2D eigenvalue weighted by Crippen LogP contribution is 2.48. The first kappa shape index (κ1) is 32.7. The third-order valence-corrected chi connectivity index (χ3v) is 12.6. The average Bonchev–Trinajstić information content (AvgIpc) is 3.86. The fourth-order valence-electron chi connectivity index (χ4n) is 8.84. The molecule has 5 heteroatoms. The van der Waals surface area contributed by atoms with Crippen LogP contribution in [-0.4, -0.2) is 19.5 Å². The number of fused-ring (bicyclic) bond motifs is 11. The van der Waals surface area contributed by atoms with Crippen LogP contribution >= 0.6 is 11.3 Å². The van der Waals surface area contributed by atoms with Gasteiger partial charge in [0.1, 0.15) is 0 Å². The Balaban J connectivity index is 1.11. The molecule has 0 radical (unpaired) electrons. The van der Waals surface area contributed by atoms with Crippen molar-refractivity contribution in [3.05, 3.63) is 194 Å². The van der Waals surface area contributed by atoms with Crippen molar-refractivity contribution in [1.82, 2.24) is 19.5 Å². The molecular formula is C53H32N4S. The Hall–Kier alpha value is -7.47. The number of nitrogens with zero attached hydrogens (tertiary/aromatic N) is 4. The first-order chi connectivity index (χ1) is 28.8. The fourth-order valence-corrected chi connectivity index (χ4v) is 10.1. The molecule has 0 saturated carbocycles. The number of benzene rings is 8. The van der Waals surface area contributed by atoms with Crippen molar-refractivity contribution >= 4 is 75.1 Å². The molecule has 58 heavy (non-hydrogen) atoms. The van der Waals surface area contributed by atoms with Gasteiger partial charge in [0, 0.05) is 64.7 Å². The molecule has 4 nitrogen and oxygen atoms in total. The number of hydrogen-bond donors (Lipinski definition) is 0. The standard InChI is InChI=1S/C53H32N4S/c1-3-15-33(16-4-1)36-29-37(34-17-5-2-6-18-34)31-38(30-36)49-44-25-14-28-54-53(44)56-52(55-49)35-19-13-20-39(32-35)57-45-26-11-9-23-42(45)47-40-21-7-8-22-41(40)51-48(50(47)57)43-24-10-12-27-46(43)58-51/h1-32H. The summed E-state index contributed by atoms with van der Waals surface area (Å²) in [5.74, 6) is 0.631. The SMILES string of the molecule is c1ccc(-c2cc(-c3ccccc3)cc(-c3nc(-c4cccc(-n5c6ccccc6c6c7ccccc7c7sc8ccccc8c7c65)c4)nc4ncccc34)c2)cc1. The lowest BCUT2D eigenvalue weighted by Crippen LogP contribution is -1.99. The Bertz CT molecular complexity index is 3510. The summed E-state index contributed by atoms with van der Waals surface area (Å²) in [6.07, 6.45) is 1.81. The summed E-state index contributed by atoms with van der Waals surface area (Å²) in [6.45, 7) is 0. The molecule has 0 fully saturated rings. The van der Waals surface area contributed by atoms with E-state index in [0.29, 0.717) is 11.5 Å². The molecule has 0 saturated heterocycles. The van der Waals surface area contributed by atoms with Crippen LogP contribution in [0.25, 0.3) is 114 Å². The van der Waals surface area contributed by atoms with Gasteiger partial charge in [-0.25, -0.2) is 15.0 Å². The molecule has 12 aromatic rings. The Morgan fingerprint density at radius 1 is 0.414 bits per heavy atom. The van der Waals surface area contributed by atoms with Gasteiger partial charge in [0.2, 0.25) is 0 Å². The van der Waals surface area contributed by atoms with E-state index < -0.39 is 0 Å². The topological polar surface area (TPSA) is 43.6 Å². The van der Waals surface area contributed by atoms with Crippen LogP contribution in [-0.2, 0) is 0 Å². The molecule has 0 atom stereocenters. The summed E-state index contributed by atoms with van der Waals surface area (Å²) < 4.78 is 5.06. The van der Waals surface area contributed by atoms with E-state index >= 15 is 0 Å². The zero-order valence-corrected chi connectivity index (χ0v) is 32.0. The molecule has 0 N–H and O–H groups in total. The average molecular weight is 757 g/mol. The minimum absolute atomic E-state index is 0.631. The highest BCUT2D eigenvalue weighted by Gasteiger charge is 2.22. The van der Waals surface area contributed by atoms with Crippen LogP contribution < -0.4 is 0 Å². The second-order valence-electron chi connectivity index (χ2n) is 14.8. The zero-order chi connectivity index (χ0) is 38.2. The fraction of sp³-hybridized carbons (Fsp3) is 0. The van der Waals surface area contributed by atoms with Gasteiger partial charge in [-0.1, -0.05) is 133 Å². The Labute approximate surface area is 338 Å².